The highest BCUT2D eigenvalue weighted by Gasteiger charge is 2.13. The van der Waals surface area contributed by atoms with Crippen molar-refractivity contribution >= 4 is 5.69 Å². The first-order valence-corrected chi connectivity index (χ1v) is 6.26. The predicted octanol–water partition coefficient (Wildman–Crippen LogP) is 3.06. The van der Waals surface area contributed by atoms with E-state index in [0.29, 0.717) is 5.92 Å². The highest BCUT2D eigenvalue weighted by molar-refractivity contribution is 5.48. The summed E-state index contributed by atoms with van der Waals surface area (Å²) < 4.78 is 0. The Hall–Kier alpha value is -1.54. The monoisotopic (exact) mass is 241 g/mol. The number of benzene rings is 1. The van der Waals surface area contributed by atoms with Crippen LogP contribution in [0.25, 0.3) is 0 Å². The van der Waals surface area contributed by atoms with Gasteiger partial charge in [0.15, 0.2) is 0 Å². The SMILES string of the molecule is CN(C)[C]1C=CC(c2ccc(N(C)C)cc2)C=C1. The normalized spacial score (nSPS) is 16.5. The molecule has 1 aromatic rings. The Labute approximate surface area is 110 Å². The quantitative estimate of drug-likeness (QED) is 0.802. The molecular weight excluding hydrogens is 220 g/mol. The average molecular weight is 241 g/mol. The third kappa shape index (κ3) is 2.82. The molecular formula is C16H21N2. The highest BCUT2D eigenvalue weighted by Crippen LogP contribution is 2.27. The lowest BCUT2D eigenvalue weighted by molar-refractivity contribution is 0.474. The van der Waals surface area contributed by atoms with Crippen molar-refractivity contribution in [2.45, 2.75) is 5.92 Å². The first-order valence-electron chi connectivity index (χ1n) is 6.26. The predicted molar refractivity (Wildman–Crippen MR) is 78.7 cm³/mol. The fourth-order valence-corrected chi connectivity index (χ4v) is 2.04. The summed E-state index contributed by atoms with van der Waals surface area (Å²) in [5.74, 6) is 0.393. The van der Waals surface area contributed by atoms with Crippen molar-refractivity contribution < 1.29 is 0 Å². The summed E-state index contributed by atoms with van der Waals surface area (Å²) in [7, 11) is 8.26. The maximum atomic E-state index is 2.25. The molecule has 1 radical (unpaired) electrons. The van der Waals surface area contributed by atoms with Crippen LogP contribution in [0.3, 0.4) is 0 Å². The number of nitrogens with zero attached hydrogens (tertiary/aromatic N) is 2. The second-order valence-corrected chi connectivity index (χ2v) is 5.05. The number of hydrogen-bond acceptors (Lipinski definition) is 2. The van der Waals surface area contributed by atoms with Gasteiger partial charge in [-0.25, -0.2) is 0 Å². The van der Waals surface area contributed by atoms with Gasteiger partial charge in [-0.05, 0) is 31.8 Å². The summed E-state index contributed by atoms with van der Waals surface area (Å²) in [4.78, 5) is 4.24. The Balaban J connectivity index is 2.10. The summed E-state index contributed by atoms with van der Waals surface area (Å²) in [6.45, 7) is 0. The molecule has 2 nitrogen and oxygen atoms in total. The first-order chi connectivity index (χ1) is 8.58. The minimum Gasteiger partial charge on any atom is -0.378 e. The second-order valence-electron chi connectivity index (χ2n) is 5.05. The van der Waals surface area contributed by atoms with E-state index in [4.69, 9.17) is 0 Å². The zero-order valence-corrected chi connectivity index (χ0v) is 11.6. The van der Waals surface area contributed by atoms with E-state index in [0.717, 1.165) is 0 Å². The topological polar surface area (TPSA) is 6.48 Å². The molecule has 0 heterocycles. The maximum Gasteiger partial charge on any atom is 0.0831 e. The largest absolute Gasteiger partial charge is 0.378 e. The van der Waals surface area contributed by atoms with Gasteiger partial charge in [0.25, 0.3) is 0 Å². The molecule has 2 rings (SSSR count). The van der Waals surface area contributed by atoms with Crippen LogP contribution >= 0.6 is 0 Å². The van der Waals surface area contributed by atoms with Crippen molar-refractivity contribution in [2.24, 2.45) is 0 Å². The van der Waals surface area contributed by atoms with Crippen molar-refractivity contribution in [3.05, 3.63) is 60.2 Å². The summed E-state index contributed by atoms with van der Waals surface area (Å²) in [6, 6.07) is 9.99. The van der Waals surface area contributed by atoms with Crippen molar-refractivity contribution in [3.8, 4) is 0 Å². The Morgan fingerprint density at radius 2 is 1.33 bits per heavy atom. The molecule has 0 saturated heterocycles. The number of likely N-dealkylation sites (N-methyl/N-ethyl adjacent to an activating group) is 1. The molecule has 95 valence electrons. The van der Waals surface area contributed by atoms with Crippen molar-refractivity contribution in [1.82, 2.24) is 4.90 Å². The molecule has 0 fully saturated rings. The fraction of sp³-hybridized carbons (Fsp3) is 0.312. The van der Waals surface area contributed by atoms with Crippen LogP contribution < -0.4 is 4.90 Å². The van der Waals surface area contributed by atoms with E-state index in [1.165, 1.54) is 17.3 Å². The molecule has 18 heavy (non-hydrogen) atoms. The fourth-order valence-electron chi connectivity index (χ4n) is 2.04. The van der Waals surface area contributed by atoms with Gasteiger partial charge in [0.1, 0.15) is 0 Å². The number of hydrogen-bond donors (Lipinski definition) is 0. The van der Waals surface area contributed by atoms with Crippen molar-refractivity contribution in [2.75, 3.05) is 33.1 Å². The van der Waals surface area contributed by atoms with Crippen molar-refractivity contribution in [3.63, 3.8) is 0 Å². The Morgan fingerprint density at radius 3 is 1.78 bits per heavy atom. The number of allylic oxidation sites excluding steroid dienone is 2. The number of rotatable bonds is 3. The lowest BCUT2D eigenvalue weighted by atomic mass is 9.93. The van der Waals surface area contributed by atoms with Crippen LogP contribution in [0.5, 0.6) is 0 Å². The van der Waals surface area contributed by atoms with E-state index in [1.807, 2.05) is 0 Å². The zero-order valence-electron chi connectivity index (χ0n) is 11.6. The molecule has 1 aliphatic carbocycles. The summed E-state index contributed by atoms with van der Waals surface area (Å²) >= 11 is 0. The molecule has 0 unspecified atom stereocenters. The van der Waals surface area contributed by atoms with Crippen LogP contribution in [0.1, 0.15) is 11.5 Å². The average Bonchev–Trinajstić information content (AvgIpc) is 2.39. The van der Waals surface area contributed by atoms with Gasteiger partial charge < -0.3 is 4.90 Å². The van der Waals surface area contributed by atoms with Gasteiger partial charge >= 0.3 is 0 Å². The zero-order chi connectivity index (χ0) is 13.1. The highest BCUT2D eigenvalue weighted by atomic mass is 15.1. The van der Waals surface area contributed by atoms with Gasteiger partial charge in [-0.3, -0.25) is 4.90 Å². The third-order valence-corrected chi connectivity index (χ3v) is 3.26. The van der Waals surface area contributed by atoms with Crippen LogP contribution in [0.15, 0.2) is 48.6 Å². The minimum atomic E-state index is 0.393. The molecule has 2 heteroatoms. The van der Waals surface area contributed by atoms with Crippen LogP contribution in [-0.2, 0) is 0 Å². The van der Waals surface area contributed by atoms with E-state index in [9.17, 15) is 0 Å². The smallest absolute Gasteiger partial charge is 0.0831 e. The first kappa shape index (κ1) is 12.9. The van der Waals surface area contributed by atoms with Crippen LogP contribution in [0, 0.1) is 6.04 Å². The van der Waals surface area contributed by atoms with Crippen LogP contribution in [0.2, 0.25) is 0 Å². The maximum absolute atomic E-state index is 2.25. The van der Waals surface area contributed by atoms with E-state index < -0.39 is 0 Å². The van der Waals surface area contributed by atoms with Gasteiger partial charge in [0.2, 0.25) is 0 Å². The standard InChI is InChI=1S/C16H21N2/c1-17(2)15-9-5-13(6-10-15)14-7-11-16(12-8-14)18(3)4/h5-13H,1-4H3. The molecule has 0 saturated carbocycles. The van der Waals surface area contributed by atoms with E-state index in [-0.39, 0.29) is 0 Å². The van der Waals surface area contributed by atoms with Gasteiger partial charge in [-0.2, -0.15) is 0 Å². The van der Waals surface area contributed by atoms with E-state index in [1.54, 1.807) is 0 Å². The Kier molecular flexibility index (Phi) is 3.87. The van der Waals surface area contributed by atoms with E-state index in [2.05, 4.69) is 86.6 Å². The molecule has 0 aliphatic heterocycles. The van der Waals surface area contributed by atoms with Gasteiger partial charge in [0.05, 0.1) is 6.04 Å². The Morgan fingerprint density at radius 1 is 0.778 bits per heavy atom. The van der Waals surface area contributed by atoms with Gasteiger partial charge in [-0.15, -0.1) is 0 Å². The summed E-state index contributed by atoms with van der Waals surface area (Å²) in [6.07, 6.45) is 8.87. The minimum absolute atomic E-state index is 0.393. The third-order valence-electron chi connectivity index (χ3n) is 3.26. The molecule has 0 spiro atoms. The molecule has 1 aliphatic rings. The molecule has 0 N–H and O–H groups in total. The van der Waals surface area contributed by atoms with Gasteiger partial charge in [-0.1, -0.05) is 36.4 Å². The lowest BCUT2D eigenvalue weighted by Crippen LogP contribution is -2.17. The summed E-state index contributed by atoms with van der Waals surface area (Å²) in [5.41, 5.74) is 2.58. The molecule has 0 bridgehead atoms. The van der Waals surface area contributed by atoms with Crippen LogP contribution in [-0.4, -0.2) is 33.1 Å². The molecule has 1 aromatic carbocycles. The number of anilines is 1. The molecule has 0 aromatic heterocycles. The van der Waals surface area contributed by atoms with Crippen LogP contribution in [0.4, 0.5) is 5.69 Å². The summed E-state index contributed by atoms with van der Waals surface area (Å²) in [5, 5.41) is 0. The second kappa shape index (κ2) is 5.40. The Bertz CT molecular complexity index is 427. The van der Waals surface area contributed by atoms with Gasteiger partial charge in [0, 0.05) is 25.7 Å². The lowest BCUT2D eigenvalue weighted by Gasteiger charge is -2.22. The molecule has 0 atom stereocenters. The molecule has 0 amide bonds. The van der Waals surface area contributed by atoms with Crippen molar-refractivity contribution in [1.29, 1.82) is 0 Å². The van der Waals surface area contributed by atoms with E-state index >= 15 is 0 Å².